The van der Waals surface area contributed by atoms with Crippen LogP contribution in [0.3, 0.4) is 0 Å². The van der Waals surface area contributed by atoms with Crippen LogP contribution in [0.1, 0.15) is 10.6 Å². The number of furan rings is 1. The maximum Gasteiger partial charge on any atom is 0.290 e. The molecular formula is C15H14ClNO4. The Balaban J connectivity index is 1.69. The van der Waals surface area contributed by atoms with E-state index < -0.39 is 0 Å². The SMILES string of the molecule is O=C(c1ccc(Oc2cccc(Cl)c2)o1)N1CCOCC1. The van der Waals surface area contributed by atoms with Crippen molar-refractivity contribution in [1.82, 2.24) is 4.90 Å². The number of benzene rings is 1. The molecule has 21 heavy (non-hydrogen) atoms. The van der Waals surface area contributed by atoms with Crippen LogP contribution in [0, 0.1) is 0 Å². The minimum absolute atomic E-state index is 0.153. The molecule has 0 radical (unpaired) electrons. The van der Waals surface area contributed by atoms with E-state index in [4.69, 9.17) is 25.5 Å². The summed E-state index contributed by atoms with van der Waals surface area (Å²) in [5.41, 5.74) is 0. The quantitative estimate of drug-likeness (QED) is 0.874. The molecule has 0 saturated carbocycles. The van der Waals surface area contributed by atoms with Crippen LogP contribution in [0.2, 0.25) is 5.02 Å². The lowest BCUT2D eigenvalue weighted by molar-refractivity contribution is 0.0280. The van der Waals surface area contributed by atoms with Gasteiger partial charge >= 0.3 is 0 Å². The van der Waals surface area contributed by atoms with Crippen molar-refractivity contribution in [1.29, 1.82) is 0 Å². The van der Waals surface area contributed by atoms with E-state index in [0.29, 0.717) is 37.1 Å². The van der Waals surface area contributed by atoms with Gasteiger partial charge in [0.15, 0.2) is 5.76 Å². The highest BCUT2D eigenvalue weighted by atomic mass is 35.5. The number of nitrogens with zero attached hydrogens (tertiary/aromatic N) is 1. The van der Waals surface area contributed by atoms with E-state index in [-0.39, 0.29) is 17.6 Å². The summed E-state index contributed by atoms with van der Waals surface area (Å²) in [7, 11) is 0. The molecule has 0 atom stereocenters. The van der Waals surface area contributed by atoms with E-state index in [9.17, 15) is 4.79 Å². The van der Waals surface area contributed by atoms with Crippen LogP contribution < -0.4 is 4.74 Å². The smallest absolute Gasteiger partial charge is 0.290 e. The fraction of sp³-hybridized carbons (Fsp3) is 0.267. The predicted molar refractivity (Wildman–Crippen MR) is 77.0 cm³/mol. The molecule has 1 fully saturated rings. The number of hydrogen-bond donors (Lipinski definition) is 0. The summed E-state index contributed by atoms with van der Waals surface area (Å²) >= 11 is 5.89. The van der Waals surface area contributed by atoms with Gasteiger partial charge in [-0.2, -0.15) is 0 Å². The summed E-state index contributed by atoms with van der Waals surface area (Å²) in [6.07, 6.45) is 0. The zero-order valence-electron chi connectivity index (χ0n) is 11.3. The highest BCUT2D eigenvalue weighted by molar-refractivity contribution is 6.30. The van der Waals surface area contributed by atoms with Gasteiger partial charge in [-0.05, 0) is 24.3 Å². The number of carbonyl (C=O) groups is 1. The molecule has 0 bridgehead atoms. The van der Waals surface area contributed by atoms with E-state index in [2.05, 4.69) is 0 Å². The zero-order valence-corrected chi connectivity index (χ0v) is 12.0. The first-order chi connectivity index (χ1) is 10.2. The average Bonchev–Trinajstić information content (AvgIpc) is 2.96. The maximum atomic E-state index is 12.2. The first-order valence-electron chi connectivity index (χ1n) is 6.63. The molecule has 0 unspecified atom stereocenters. The summed E-state index contributed by atoms with van der Waals surface area (Å²) in [6, 6.07) is 10.2. The van der Waals surface area contributed by atoms with Crippen LogP contribution in [0.25, 0.3) is 0 Å². The second-order valence-corrected chi connectivity index (χ2v) is 5.02. The molecule has 0 N–H and O–H groups in total. The summed E-state index contributed by atoms with van der Waals surface area (Å²) in [5, 5.41) is 0.573. The van der Waals surface area contributed by atoms with E-state index in [0.717, 1.165) is 0 Å². The van der Waals surface area contributed by atoms with Crippen molar-refractivity contribution in [3.05, 3.63) is 47.2 Å². The van der Waals surface area contributed by atoms with Gasteiger partial charge in [0, 0.05) is 24.2 Å². The Bertz CT molecular complexity index is 634. The number of rotatable bonds is 3. The molecule has 1 saturated heterocycles. The molecule has 1 aromatic carbocycles. The van der Waals surface area contributed by atoms with Gasteiger partial charge in [0.2, 0.25) is 0 Å². The fourth-order valence-corrected chi connectivity index (χ4v) is 2.24. The van der Waals surface area contributed by atoms with E-state index in [1.54, 1.807) is 41.3 Å². The van der Waals surface area contributed by atoms with Crippen LogP contribution >= 0.6 is 11.6 Å². The number of morpholine rings is 1. The molecule has 1 aromatic heterocycles. The Morgan fingerprint density at radius 3 is 2.76 bits per heavy atom. The van der Waals surface area contributed by atoms with Crippen molar-refractivity contribution in [3.63, 3.8) is 0 Å². The van der Waals surface area contributed by atoms with Crippen LogP contribution in [-0.4, -0.2) is 37.1 Å². The first-order valence-corrected chi connectivity index (χ1v) is 7.00. The monoisotopic (exact) mass is 307 g/mol. The molecule has 1 aliphatic rings. The number of halogens is 1. The number of amides is 1. The predicted octanol–water partition coefficient (Wildman–Crippen LogP) is 3.20. The summed E-state index contributed by atoms with van der Waals surface area (Å²) in [4.78, 5) is 13.9. The molecular weight excluding hydrogens is 294 g/mol. The average molecular weight is 308 g/mol. The highest BCUT2D eigenvalue weighted by Crippen LogP contribution is 2.26. The largest absolute Gasteiger partial charge is 0.426 e. The summed E-state index contributed by atoms with van der Waals surface area (Å²) < 4.78 is 16.2. The van der Waals surface area contributed by atoms with Gasteiger partial charge in [-0.15, -0.1) is 0 Å². The van der Waals surface area contributed by atoms with Crippen molar-refractivity contribution < 1.29 is 18.7 Å². The van der Waals surface area contributed by atoms with Gasteiger partial charge in [0.1, 0.15) is 5.75 Å². The van der Waals surface area contributed by atoms with Gasteiger partial charge in [-0.25, -0.2) is 0 Å². The number of carbonyl (C=O) groups excluding carboxylic acids is 1. The van der Waals surface area contributed by atoms with Crippen molar-refractivity contribution in [2.24, 2.45) is 0 Å². The van der Waals surface area contributed by atoms with Crippen molar-refractivity contribution >= 4 is 17.5 Å². The van der Waals surface area contributed by atoms with Crippen molar-refractivity contribution in [3.8, 4) is 11.7 Å². The topological polar surface area (TPSA) is 51.9 Å². The van der Waals surface area contributed by atoms with Gasteiger partial charge in [0.25, 0.3) is 11.9 Å². The number of hydrogen-bond acceptors (Lipinski definition) is 4. The zero-order chi connectivity index (χ0) is 14.7. The third-order valence-corrected chi connectivity index (χ3v) is 3.34. The Kier molecular flexibility index (Phi) is 4.13. The van der Waals surface area contributed by atoms with Gasteiger partial charge in [0.05, 0.1) is 13.2 Å². The van der Waals surface area contributed by atoms with E-state index in [1.165, 1.54) is 0 Å². The third kappa shape index (κ3) is 3.37. The van der Waals surface area contributed by atoms with Crippen molar-refractivity contribution in [2.45, 2.75) is 0 Å². The molecule has 6 heteroatoms. The fourth-order valence-electron chi connectivity index (χ4n) is 2.06. The lowest BCUT2D eigenvalue weighted by Crippen LogP contribution is -2.40. The van der Waals surface area contributed by atoms with Gasteiger partial charge in [-0.3, -0.25) is 4.79 Å². The minimum atomic E-state index is -0.153. The normalized spacial score (nSPS) is 15.0. The Labute approximate surface area is 127 Å². The first kappa shape index (κ1) is 14.0. The molecule has 2 heterocycles. The van der Waals surface area contributed by atoms with Crippen LogP contribution in [0.4, 0.5) is 0 Å². The van der Waals surface area contributed by atoms with Gasteiger partial charge in [-0.1, -0.05) is 17.7 Å². The molecule has 0 spiro atoms. The van der Waals surface area contributed by atoms with E-state index in [1.807, 2.05) is 0 Å². The molecule has 5 nitrogen and oxygen atoms in total. The van der Waals surface area contributed by atoms with Crippen LogP contribution in [0.15, 0.2) is 40.8 Å². The van der Waals surface area contributed by atoms with Crippen LogP contribution in [0.5, 0.6) is 11.7 Å². The maximum absolute atomic E-state index is 12.2. The summed E-state index contributed by atoms with van der Waals surface area (Å²) in [6.45, 7) is 2.25. The van der Waals surface area contributed by atoms with E-state index >= 15 is 0 Å². The highest BCUT2D eigenvalue weighted by Gasteiger charge is 2.21. The second-order valence-electron chi connectivity index (χ2n) is 4.58. The minimum Gasteiger partial charge on any atom is -0.426 e. The Hall–Kier alpha value is -1.98. The van der Waals surface area contributed by atoms with Crippen molar-refractivity contribution in [2.75, 3.05) is 26.3 Å². The molecule has 0 aliphatic carbocycles. The number of ether oxygens (including phenoxy) is 2. The Morgan fingerprint density at radius 1 is 1.19 bits per heavy atom. The standard InChI is InChI=1S/C15H14ClNO4/c16-11-2-1-3-12(10-11)20-14-5-4-13(21-14)15(18)17-6-8-19-9-7-17/h1-5,10H,6-9H2. The molecule has 110 valence electrons. The summed E-state index contributed by atoms with van der Waals surface area (Å²) in [5.74, 6) is 0.921. The van der Waals surface area contributed by atoms with Crippen LogP contribution in [-0.2, 0) is 4.74 Å². The molecule has 1 aliphatic heterocycles. The molecule has 2 aromatic rings. The third-order valence-electron chi connectivity index (χ3n) is 3.10. The molecule has 1 amide bonds. The lowest BCUT2D eigenvalue weighted by atomic mass is 10.3. The second kappa shape index (κ2) is 6.20. The van der Waals surface area contributed by atoms with Gasteiger partial charge < -0.3 is 18.8 Å². The lowest BCUT2D eigenvalue weighted by Gasteiger charge is -2.25. The Morgan fingerprint density at radius 2 is 2.00 bits per heavy atom. The molecule has 3 rings (SSSR count).